The lowest BCUT2D eigenvalue weighted by Crippen LogP contribution is -2.38. The van der Waals surface area contributed by atoms with Crippen LogP contribution in [0.2, 0.25) is 5.02 Å². The maximum atomic E-state index is 10.7. The molecule has 0 saturated carbocycles. The highest BCUT2D eigenvalue weighted by Crippen LogP contribution is 2.38. The molecule has 0 bridgehead atoms. The summed E-state index contributed by atoms with van der Waals surface area (Å²) in [7, 11) is 1.63. The molecule has 0 aliphatic rings. The van der Waals surface area contributed by atoms with Crippen molar-refractivity contribution in [2.45, 2.75) is 58.3 Å². The number of methoxy groups -OCH3 is 1. The molecule has 0 saturated heterocycles. The number of aromatic nitrogens is 2. The van der Waals surface area contributed by atoms with Gasteiger partial charge in [-0.2, -0.15) is 5.10 Å². The van der Waals surface area contributed by atoms with E-state index in [9.17, 15) is 5.11 Å². The fraction of sp³-hybridized carbons (Fsp3) is 0.769. The molecule has 0 aliphatic heterocycles. The summed E-state index contributed by atoms with van der Waals surface area (Å²) >= 11 is 6.16. The zero-order chi connectivity index (χ0) is 13.9. The Morgan fingerprint density at radius 2 is 2.00 bits per heavy atom. The molecule has 4 nitrogen and oxygen atoms in total. The molecule has 1 heterocycles. The third-order valence-corrected chi connectivity index (χ3v) is 3.93. The molecule has 1 aromatic heterocycles. The van der Waals surface area contributed by atoms with Gasteiger partial charge in [0.05, 0.1) is 22.5 Å². The maximum Gasteiger partial charge on any atom is 0.126 e. The zero-order valence-electron chi connectivity index (χ0n) is 11.8. The molecule has 0 aliphatic carbocycles. The van der Waals surface area contributed by atoms with Crippen molar-refractivity contribution in [1.82, 2.24) is 9.78 Å². The molecule has 1 N–H and O–H groups in total. The minimum atomic E-state index is -0.783. The van der Waals surface area contributed by atoms with E-state index >= 15 is 0 Å². The molecule has 0 spiro atoms. The molecule has 1 unspecified atom stereocenters. The summed E-state index contributed by atoms with van der Waals surface area (Å²) < 4.78 is 7.32. The second kappa shape index (κ2) is 6.04. The first kappa shape index (κ1) is 15.5. The van der Waals surface area contributed by atoms with Gasteiger partial charge in [-0.05, 0) is 26.7 Å². The molecule has 1 rings (SSSR count). The highest BCUT2D eigenvalue weighted by Gasteiger charge is 2.39. The summed E-state index contributed by atoms with van der Waals surface area (Å²) in [5.41, 5.74) is 0.0215. The minimum absolute atomic E-state index is 0.144. The number of ether oxygens (including phenoxy) is 1. The molecule has 5 heteroatoms. The zero-order valence-corrected chi connectivity index (χ0v) is 12.5. The van der Waals surface area contributed by atoms with E-state index in [1.54, 1.807) is 18.0 Å². The van der Waals surface area contributed by atoms with Crippen LogP contribution >= 0.6 is 11.6 Å². The van der Waals surface area contributed by atoms with Crippen LogP contribution in [0.1, 0.15) is 58.4 Å². The van der Waals surface area contributed by atoms with E-state index < -0.39 is 11.7 Å². The summed E-state index contributed by atoms with van der Waals surface area (Å²) in [6.07, 6.45) is 2.21. The Morgan fingerprint density at radius 1 is 1.44 bits per heavy atom. The average Bonchev–Trinajstić information content (AvgIpc) is 2.74. The van der Waals surface area contributed by atoms with E-state index in [0.717, 1.165) is 0 Å². The van der Waals surface area contributed by atoms with Crippen molar-refractivity contribution in [3.05, 3.63) is 16.9 Å². The van der Waals surface area contributed by atoms with Gasteiger partial charge in [-0.1, -0.05) is 25.4 Å². The first-order valence-corrected chi connectivity index (χ1v) is 6.77. The van der Waals surface area contributed by atoms with Crippen LogP contribution in [0.25, 0.3) is 0 Å². The van der Waals surface area contributed by atoms with Crippen molar-refractivity contribution < 1.29 is 9.84 Å². The number of nitrogens with zero attached hydrogens (tertiary/aromatic N) is 2. The largest absolute Gasteiger partial charge is 0.384 e. The summed E-state index contributed by atoms with van der Waals surface area (Å²) in [4.78, 5) is 0. The van der Waals surface area contributed by atoms with E-state index in [2.05, 4.69) is 5.10 Å². The molecule has 104 valence electrons. The van der Waals surface area contributed by atoms with E-state index in [1.807, 2.05) is 27.7 Å². The molecule has 1 aromatic rings. The molecule has 1 atom stereocenters. The van der Waals surface area contributed by atoms with Gasteiger partial charge in [0.1, 0.15) is 6.10 Å². The average molecular weight is 275 g/mol. The van der Waals surface area contributed by atoms with Crippen molar-refractivity contribution in [3.8, 4) is 0 Å². The first-order chi connectivity index (χ1) is 8.43. The Labute approximate surface area is 114 Å². The molecule has 18 heavy (non-hydrogen) atoms. The van der Waals surface area contributed by atoms with Gasteiger partial charge in [-0.25, -0.2) is 0 Å². The first-order valence-electron chi connectivity index (χ1n) is 6.39. The van der Waals surface area contributed by atoms with Gasteiger partial charge >= 0.3 is 0 Å². The van der Waals surface area contributed by atoms with Gasteiger partial charge in [0.25, 0.3) is 0 Å². The Hall–Kier alpha value is -0.580. The molecular formula is C13H23ClN2O2. The van der Waals surface area contributed by atoms with Crippen LogP contribution in [-0.4, -0.2) is 27.6 Å². The molecular weight excluding hydrogens is 252 g/mol. The smallest absolute Gasteiger partial charge is 0.126 e. The van der Waals surface area contributed by atoms with Gasteiger partial charge in [-0.15, -0.1) is 0 Å². The van der Waals surface area contributed by atoms with Crippen molar-refractivity contribution >= 4 is 11.6 Å². The second-order valence-corrected chi connectivity index (χ2v) is 5.20. The topological polar surface area (TPSA) is 47.3 Å². The fourth-order valence-electron chi connectivity index (χ4n) is 2.30. The van der Waals surface area contributed by atoms with Gasteiger partial charge in [0.15, 0.2) is 0 Å². The lowest BCUT2D eigenvalue weighted by atomic mass is 9.88. The number of aliphatic hydroxyl groups excluding tert-OH is 1. The number of aliphatic hydroxyl groups is 1. The van der Waals surface area contributed by atoms with Gasteiger partial charge < -0.3 is 9.84 Å². The maximum absolute atomic E-state index is 10.7. The summed E-state index contributed by atoms with van der Waals surface area (Å²) in [5, 5.41) is 15.4. The lowest BCUT2D eigenvalue weighted by molar-refractivity contribution is -0.113. The van der Waals surface area contributed by atoms with Crippen LogP contribution in [0.3, 0.4) is 0 Å². The quantitative estimate of drug-likeness (QED) is 0.865. The lowest BCUT2D eigenvalue weighted by Gasteiger charge is -2.35. The second-order valence-electron chi connectivity index (χ2n) is 4.79. The van der Waals surface area contributed by atoms with Crippen LogP contribution in [0.5, 0.6) is 0 Å². The van der Waals surface area contributed by atoms with Crippen LogP contribution in [0, 0.1) is 0 Å². The SMILES string of the molecule is CCC(CC)(OC)C(O)c1c(Cl)cnn1C(C)C. The molecule has 0 fully saturated rings. The third kappa shape index (κ3) is 2.56. The Morgan fingerprint density at radius 3 is 2.39 bits per heavy atom. The van der Waals surface area contributed by atoms with Gasteiger partial charge in [0, 0.05) is 13.2 Å². The molecule has 0 radical (unpaired) electrons. The van der Waals surface area contributed by atoms with Gasteiger partial charge in [0.2, 0.25) is 0 Å². The van der Waals surface area contributed by atoms with E-state index in [1.165, 1.54) is 0 Å². The third-order valence-electron chi connectivity index (χ3n) is 3.64. The van der Waals surface area contributed by atoms with Crippen molar-refractivity contribution in [2.75, 3.05) is 7.11 Å². The Bertz CT molecular complexity index is 378. The monoisotopic (exact) mass is 274 g/mol. The Balaban J connectivity index is 3.24. The van der Waals surface area contributed by atoms with Crippen molar-refractivity contribution in [3.63, 3.8) is 0 Å². The van der Waals surface area contributed by atoms with Crippen molar-refractivity contribution in [1.29, 1.82) is 0 Å². The number of hydrogen-bond acceptors (Lipinski definition) is 3. The van der Waals surface area contributed by atoms with E-state index in [0.29, 0.717) is 23.6 Å². The van der Waals surface area contributed by atoms with Crippen LogP contribution in [0.15, 0.2) is 6.20 Å². The standard InChI is InChI=1S/C13H23ClN2O2/c1-6-13(7-2,18-5)12(17)11-10(14)8-15-16(11)9(3)4/h8-9,12,17H,6-7H2,1-5H3. The fourth-order valence-corrected chi connectivity index (χ4v) is 2.54. The van der Waals surface area contributed by atoms with E-state index in [-0.39, 0.29) is 6.04 Å². The van der Waals surface area contributed by atoms with E-state index in [4.69, 9.17) is 16.3 Å². The summed E-state index contributed by atoms with van der Waals surface area (Å²) in [6.45, 7) is 8.01. The predicted molar refractivity (Wildman–Crippen MR) is 72.9 cm³/mol. The van der Waals surface area contributed by atoms with Crippen LogP contribution in [0.4, 0.5) is 0 Å². The Kier molecular flexibility index (Phi) is 5.20. The number of hydrogen-bond donors (Lipinski definition) is 1. The molecule has 0 amide bonds. The van der Waals surface area contributed by atoms with Crippen molar-refractivity contribution in [2.24, 2.45) is 0 Å². The number of halogens is 1. The summed E-state index contributed by atoms with van der Waals surface area (Å²) in [5.74, 6) is 0. The summed E-state index contributed by atoms with van der Waals surface area (Å²) in [6, 6.07) is 0.144. The molecule has 0 aromatic carbocycles. The van der Waals surface area contributed by atoms with Gasteiger partial charge in [-0.3, -0.25) is 4.68 Å². The van der Waals surface area contributed by atoms with Crippen LogP contribution in [-0.2, 0) is 4.74 Å². The minimum Gasteiger partial charge on any atom is -0.384 e. The highest BCUT2D eigenvalue weighted by molar-refractivity contribution is 6.31. The van der Waals surface area contributed by atoms with Crippen LogP contribution < -0.4 is 0 Å². The predicted octanol–water partition coefficient (Wildman–Crippen LogP) is 3.36. The number of rotatable bonds is 6. The normalized spacial score (nSPS) is 14.2. The highest BCUT2D eigenvalue weighted by atomic mass is 35.5.